The molecule has 9 nitrogen and oxygen atoms in total. The molecule has 0 bridgehead atoms. The lowest BCUT2D eigenvalue weighted by atomic mass is 9.85. The molecule has 1 saturated carbocycles. The third kappa shape index (κ3) is 5.71. The predicted octanol–water partition coefficient (Wildman–Crippen LogP) is 3.91. The van der Waals surface area contributed by atoms with Crippen LogP contribution in [-0.2, 0) is 14.3 Å². The zero-order chi connectivity index (χ0) is 27.2. The minimum absolute atomic E-state index is 0.00344. The first-order valence-corrected chi connectivity index (χ1v) is 14.0. The molecule has 2 unspecified atom stereocenters. The molecule has 0 spiro atoms. The number of amides is 2. The number of β-amino-alcohol motifs (C(OH)–C–C–N with tert-alkyl or cyclic N) is 1. The molecule has 5 atom stereocenters. The largest absolute Gasteiger partial charge is 0.391 e. The van der Waals surface area contributed by atoms with E-state index in [0.717, 1.165) is 25.0 Å². The second kappa shape index (κ2) is 10.8. The van der Waals surface area contributed by atoms with E-state index in [9.17, 15) is 14.7 Å². The van der Waals surface area contributed by atoms with Crippen LogP contribution in [0.15, 0.2) is 24.4 Å². The topological polar surface area (TPSA) is 110 Å². The molecule has 11 heteroatoms. The summed E-state index contributed by atoms with van der Waals surface area (Å²) in [5, 5.41) is 23.3. The Morgan fingerprint density at radius 3 is 2.63 bits per heavy atom. The quantitative estimate of drug-likeness (QED) is 0.528. The van der Waals surface area contributed by atoms with Crippen molar-refractivity contribution in [2.24, 2.45) is 11.3 Å². The van der Waals surface area contributed by atoms with Gasteiger partial charge in [0.15, 0.2) is 0 Å². The van der Waals surface area contributed by atoms with Crippen molar-refractivity contribution in [1.82, 2.24) is 25.2 Å². The smallest absolute Gasteiger partial charge is 0.248 e. The van der Waals surface area contributed by atoms with Crippen LogP contribution in [0.25, 0.3) is 0 Å². The molecule has 0 radical (unpaired) electrons. The van der Waals surface area contributed by atoms with Crippen molar-refractivity contribution in [2.75, 3.05) is 19.8 Å². The first-order chi connectivity index (χ1) is 18.0. The molecule has 1 aromatic heterocycles. The Bertz CT molecular complexity index is 1190. The molecule has 206 valence electrons. The lowest BCUT2D eigenvalue weighted by Gasteiger charge is -2.35. The number of benzene rings is 1. The van der Waals surface area contributed by atoms with Gasteiger partial charge in [0, 0.05) is 47.7 Å². The fraction of sp³-hybridized carbons (Fsp3) is 0.630. The lowest BCUT2D eigenvalue weighted by molar-refractivity contribution is -0.144. The van der Waals surface area contributed by atoms with Gasteiger partial charge in [0.25, 0.3) is 0 Å². The number of hydrogen-bond donors (Lipinski definition) is 2. The number of carbonyl (C=O) groups is 2. The monoisotopic (exact) mass is 563 g/mol. The third-order valence-corrected chi connectivity index (χ3v) is 8.31. The van der Waals surface area contributed by atoms with Gasteiger partial charge in [-0.25, -0.2) is 4.68 Å². The summed E-state index contributed by atoms with van der Waals surface area (Å²) in [5.74, 6) is -0.194. The average molecular weight is 565 g/mol. The molecule has 2 N–H and O–H groups in total. The summed E-state index contributed by atoms with van der Waals surface area (Å²) in [6, 6.07) is 3.22. The number of ether oxygens (including phenoxy) is 1. The molecular formula is C27H35Cl2N5O4. The van der Waals surface area contributed by atoms with E-state index in [0.29, 0.717) is 34.7 Å². The summed E-state index contributed by atoms with van der Waals surface area (Å²) >= 11 is 12.8. The van der Waals surface area contributed by atoms with E-state index in [-0.39, 0.29) is 30.7 Å². The Morgan fingerprint density at radius 1 is 1.21 bits per heavy atom. The Morgan fingerprint density at radius 2 is 1.97 bits per heavy atom. The number of rotatable bonds is 7. The van der Waals surface area contributed by atoms with Crippen molar-refractivity contribution >= 4 is 35.0 Å². The first-order valence-electron chi connectivity index (χ1n) is 13.3. The zero-order valence-electron chi connectivity index (χ0n) is 21.9. The molecule has 2 aliphatic heterocycles. The molecule has 2 aromatic rings. The maximum atomic E-state index is 14.0. The van der Waals surface area contributed by atoms with Gasteiger partial charge in [0.05, 0.1) is 24.4 Å². The number of carbonyl (C=O) groups excluding carboxylic acids is 2. The Balaban J connectivity index is 1.40. The van der Waals surface area contributed by atoms with Crippen molar-refractivity contribution in [3.05, 3.63) is 45.7 Å². The van der Waals surface area contributed by atoms with Crippen LogP contribution in [0, 0.1) is 11.3 Å². The maximum Gasteiger partial charge on any atom is 0.248 e. The fourth-order valence-electron chi connectivity index (χ4n) is 5.59. The first kappa shape index (κ1) is 27.4. The number of nitrogens with zero attached hydrogens (tertiary/aromatic N) is 4. The van der Waals surface area contributed by atoms with Gasteiger partial charge < -0.3 is 20.1 Å². The Hall–Kier alpha value is -2.20. The molecule has 3 fully saturated rings. The van der Waals surface area contributed by atoms with Gasteiger partial charge in [-0.1, -0.05) is 49.2 Å². The van der Waals surface area contributed by atoms with Crippen LogP contribution < -0.4 is 5.32 Å². The van der Waals surface area contributed by atoms with Crippen LogP contribution >= 0.6 is 23.2 Å². The van der Waals surface area contributed by atoms with Gasteiger partial charge in [-0.3, -0.25) is 9.59 Å². The fourth-order valence-corrected chi connectivity index (χ4v) is 6.01. The molecule has 2 saturated heterocycles. The molecule has 38 heavy (non-hydrogen) atoms. The number of aliphatic hydroxyl groups excluding tert-OH is 1. The van der Waals surface area contributed by atoms with Crippen LogP contribution in [-0.4, -0.2) is 68.7 Å². The predicted molar refractivity (Wildman–Crippen MR) is 143 cm³/mol. The van der Waals surface area contributed by atoms with Gasteiger partial charge in [-0.05, 0) is 48.4 Å². The minimum atomic E-state index is -0.837. The highest BCUT2D eigenvalue weighted by Crippen LogP contribution is 2.41. The summed E-state index contributed by atoms with van der Waals surface area (Å²) in [6.45, 7) is 7.04. The van der Waals surface area contributed by atoms with Crippen LogP contribution in [0.5, 0.6) is 0 Å². The number of likely N-dealkylation sites (tertiary alicyclic amines) is 1. The van der Waals surface area contributed by atoms with Gasteiger partial charge in [0.1, 0.15) is 12.1 Å². The number of nitrogens with one attached hydrogen (secondary N) is 1. The van der Waals surface area contributed by atoms with Gasteiger partial charge in [-0.15, -0.1) is 5.10 Å². The van der Waals surface area contributed by atoms with E-state index in [1.807, 2.05) is 27.0 Å². The van der Waals surface area contributed by atoms with Crippen LogP contribution in [0.3, 0.4) is 0 Å². The van der Waals surface area contributed by atoms with Crippen LogP contribution in [0.1, 0.15) is 75.7 Å². The van der Waals surface area contributed by atoms with Crippen molar-refractivity contribution < 1.29 is 19.4 Å². The SMILES string of the molecule is CC(C)(C)[C@H](C(=O)N1C[C@H](O)C[C@H]1C(=O)NC(c1cc(Cl)ccc1Cl)C1CCOC1)n1cc(C2CC2)nn1. The van der Waals surface area contributed by atoms with Crippen LogP contribution in [0.2, 0.25) is 10.0 Å². The van der Waals surface area contributed by atoms with E-state index in [1.54, 1.807) is 22.9 Å². The highest BCUT2D eigenvalue weighted by atomic mass is 35.5. The summed E-state index contributed by atoms with van der Waals surface area (Å²) < 4.78 is 7.23. The molecule has 3 aliphatic rings. The average Bonchev–Trinajstić information content (AvgIpc) is 3.22. The van der Waals surface area contributed by atoms with Gasteiger partial charge in [0.2, 0.25) is 11.8 Å². The summed E-state index contributed by atoms with van der Waals surface area (Å²) in [4.78, 5) is 29.3. The molecule has 1 aliphatic carbocycles. The van der Waals surface area contributed by atoms with E-state index >= 15 is 0 Å². The number of hydrogen-bond acceptors (Lipinski definition) is 6. The molecule has 1 aromatic carbocycles. The normalized spacial score (nSPS) is 25.4. The number of halogens is 2. The molecule has 3 heterocycles. The highest BCUT2D eigenvalue weighted by Gasteiger charge is 2.46. The maximum absolute atomic E-state index is 14.0. The van der Waals surface area contributed by atoms with E-state index in [2.05, 4.69) is 15.6 Å². The molecule has 2 amide bonds. The van der Waals surface area contributed by atoms with Crippen molar-refractivity contribution in [1.29, 1.82) is 0 Å². The minimum Gasteiger partial charge on any atom is -0.391 e. The zero-order valence-corrected chi connectivity index (χ0v) is 23.5. The Labute approximate surface area is 232 Å². The van der Waals surface area contributed by atoms with Crippen molar-refractivity contribution in [3.8, 4) is 0 Å². The van der Waals surface area contributed by atoms with E-state index in [4.69, 9.17) is 27.9 Å². The lowest BCUT2D eigenvalue weighted by Crippen LogP contribution is -2.51. The summed E-state index contributed by atoms with van der Waals surface area (Å²) in [7, 11) is 0. The van der Waals surface area contributed by atoms with Crippen LogP contribution in [0.4, 0.5) is 0 Å². The third-order valence-electron chi connectivity index (χ3n) is 7.73. The van der Waals surface area contributed by atoms with Crippen molar-refractivity contribution in [2.45, 2.75) is 76.6 Å². The molecular weight excluding hydrogens is 529 g/mol. The summed E-state index contributed by atoms with van der Waals surface area (Å²) in [5.41, 5.74) is 1.10. The van der Waals surface area contributed by atoms with Gasteiger partial charge >= 0.3 is 0 Å². The second-order valence-electron chi connectivity index (χ2n) is 11.8. The standard InChI is InChI=1S/C27H35Cl2N5O4/c1-27(2,3)24(34-13-21(31-32-34)15-4-5-15)26(37)33-12-18(35)11-22(33)25(36)30-23(16-8-9-38-14-16)19-10-17(28)6-7-20(19)29/h6-7,10,13,15-16,18,22-24,35H,4-5,8-9,11-12,14H2,1-3H3,(H,30,36)/t16?,18-,22+,23?,24+/m1/s1. The highest BCUT2D eigenvalue weighted by molar-refractivity contribution is 6.33. The number of aromatic nitrogens is 3. The number of aliphatic hydroxyl groups is 1. The van der Waals surface area contributed by atoms with Gasteiger partial charge in [-0.2, -0.15) is 0 Å². The van der Waals surface area contributed by atoms with E-state index < -0.39 is 29.6 Å². The summed E-state index contributed by atoms with van der Waals surface area (Å²) in [6.07, 6.45) is 4.11. The van der Waals surface area contributed by atoms with E-state index in [1.165, 1.54) is 4.90 Å². The molecule has 5 rings (SSSR count). The second-order valence-corrected chi connectivity index (χ2v) is 12.7. The van der Waals surface area contributed by atoms with Crippen molar-refractivity contribution in [3.63, 3.8) is 0 Å². The Kier molecular flexibility index (Phi) is 7.75.